The average molecular weight is 199 g/mol. The van der Waals surface area contributed by atoms with Crippen molar-refractivity contribution in [2.24, 2.45) is 5.73 Å². The monoisotopic (exact) mass is 199 g/mol. The molecule has 4 N–H and O–H groups in total. The summed E-state index contributed by atoms with van der Waals surface area (Å²) in [4.78, 5) is 0.963. The molecule has 0 radical (unpaired) electrons. The Hall–Kier alpha value is -0.710. The highest BCUT2D eigenvalue weighted by molar-refractivity contribution is 7.98. The summed E-state index contributed by atoms with van der Waals surface area (Å²) in [5, 5.41) is 18.9. The van der Waals surface area contributed by atoms with Crippen molar-refractivity contribution in [3.63, 3.8) is 0 Å². The molecule has 0 spiro atoms. The number of thioether (sulfide) groups is 1. The highest BCUT2D eigenvalue weighted by atomic mass is 32.2. The number of phenols is 1. The fraction of sp³-hybridized carbons (Fsp3) is 0.333. The average Bonchev–Trinajstić information content (AvgIpc) is 2.16. The lowest BCUT2D eigenvalue weighted by atomic mass is 10.1. The van der Waals surface area contributed by atoms with E-state index in [1.807, 2.05) is 12.3 Å². The maximum atomic E-state index is 9.50. The first-order valence-electron chi connectivity index (χ1n) is 3.94. The molecular formula is C9H13NO2S. The second-order valence-corrected chi connectivity index (χ2v) is 3.56. The number of phenolic OH excluding ortho intramolecular Hbond substituents is 1. The smallest absolute Gasteiger partial charge is 0.122 e. The number of hydrogen-bond donors (Lipinski definition) is 3. The fourth-order valence-corrected chi connectivity index (χ4v) is 1.49. The molecule has 0 aromatic heterocycles. The predicted molar refractivity (Wildman–Crippen MR) is 53.9 cm³/mol. The van der Waals surface area contributed by atoms with Gasteiger partial charge in [0.2, 0.25) is 0 Å². The van der Waals surface area contributed by atoms with Crippen molar-refractivity contribution >= 4 is 11.8 Å². The summed E-state index contributed by atoms with van der Waals surface area (Å²) < 4.78 is 0. The molecule has 13 heavy (non-hydrogen) atoms. The Bertz CT molecular complexity index is 291. The van der Waals surface area contributed by atoms with Gasteiger partial charge in [-0.25, -0.2) is 0 Å². The van der Waals surface area contributed by atoms with Crippen LogP contribution in [0.2, 0.25) is 0 Å². The van der Waals surface area contributed by atoms with Crippen LogP contribution in [0, 0.1) is 0 Å². The summed E-state index contributed by atoms with van der Waals surface area (Å²) in [5.41, 5.74) is 5.76. The van der Waals surface area contributed by atoms with E-state index in [2.05, 4.69) is 0 Å². The van der Waals surface area contributed by atoms with Gasteiger partial charge in [-0.1, -0.05) is 6.07 Å². The minimum Gasteiger partial charge on any atom is -0.508 e. The minimum absolute atomic E-state index is 0.102. The zero-order chi connectivity index (χ0) is 9.84. The molecule has 3 nitrogen and oxygen atoms in total. The first kappa shape index (κ1) is 10.4. The number of nitrogens with two attached hydrogens (primary N) is 1. The van der Waals surface area contributed by atoms with Crippen molar-refractivity contribution < 1.29 is 10.2 Å². The van der Waals surface area contributed by atoms with E-state index in [1.54, 1.807) is 12.1 Å². The van der Waals surface area contributed by atoms with E-state index in [0.29, 0.717) is 5.56 Å². The summed E-state index contributed by atoms with van der Waals surface area (Å²) in [6, 6.07) is 5.16. The van der Waals surface area contributed by atoms with E-state index in [9.17, 15) is 10.2 Å². The van der Waals surface area contributed by atoms with E-state index in [4.69, 9.17) is 5.73 Å². The first-order valence-corrected chi connectivity index (χ1v) is 5.16. The highest BCUT2D eigenvalue weighted by Crippen LogP contribution is 2.28. The molecule has 0 heterocycles. The summed E-state index contributed by atoms with van der Waals surface area (Å²) in [5.74, 6) is 0.102. The predicted octanol–water partition coefficient (Wildman–Crippen LogP) is 1.11. The molecule has 72 valence electrons. The molecule has 0 aliphatic carbocycles. The molecular weight excluding hydrogens is 186 g/mol. The third-order valence-electron chi connectivity index (χ3n) is 1.82. The van der Waals surface area contributed by atoms with Crippen LogP contribution in [0.15, 0.2) is 23.1 Å². The van der Waals surface area contributed by atoms with Crippen molar-refractivity contribution in [3.05, 3.63) is 23.8 Å². The van der Waals surface area contributed by atoms with Gasteiger partial charge >= 0.3 is 0 Å². The molecule has 0 bridgehead atoms. The maximum Gasteiger partial charge on any atom is 0.122 e. The van der Waals surface area contributed by atoms with E-state index >= 15 is 0 Å². The van der Waals surface area contributed by atoms with Crippen LogP contribution in [0.5, 0.6) is 5.75 Å². The van der Waals surface area contributed by atoms with Gasteiger partial charge in [0.05, 0.1) is 6.10 Å². The van der Waals surface area contributed by atoms with Gasteiger partial charge in [0.15, 0.2) is 0 Å². The molecule has 4 heteroatoms. The van der Waals surface area contributed by atoms with Gasteiger partial charge in [-0.15, -0.1) is 11.8 Å². The second kappa shape index (κ2) is 4.50. The first-order chi connectivity index (χ1) is 6.19. The lowest BCUT2D eigenvalue weighted by Gasteiger charge is -2.10. The highest BCUT2D eigenvalue weighted by Gasteiger charge is 2.10. The molecule has 1 atom stereocenters. The van der Waals surface area contributed by atoms with Crippen molar-refractivity contribution in [3.8, 4) is 5.75 Å². The lowest BCUT2D eigenvalue weighted by molar-refractivity contribution is 0.182. The van der Waals surface area contributed by atoms with Gasteiger partial charge in [0.1, 0.15) is 5.75 Å². The van der Waals surface area contributed by atoms with Crippen molar-refractivity contribution in [1.29, 1.82) is 0 Å². The Balaban J connectivity index is 2.98. The Labute approximate surface area is 81.6 Å². The van der Waals surface area contributed by atoms with Crippen LogP contribution in [-0.2, 0) is 0 Å². The van der Waals surface area contributed by atoms with Gasteiger partial charge in [-0.05, 0) is 18.4 Å². The summed E-state index contributed by atoms with van der Waals surface area (Å²) in [7, 11) is 0. The van der Waals surface area contributed by atoms with Crippen LogP contribution < -0.4 is 5.73 Å². The topological polar surface area (TPSA) is 66.5 Å². The Kier molecular flexibility index (Phi) is 3.59. The number of hydrogen-bond acceptors (Lipinski definition) is 4. The molecule has 0 saturated heterocycles. The SMILES string of the molecule is CSc1ccc(C(O)CN)c(O)c1. The molecule has 0 fully saturated rings. The van der Waals surface area contributed by atoms with Crippen molar-refractivity contribution in [1.82, 2.24) is 0 Å². The molecule has 1 unspecified atom stereocenters. The maximum absolute atomic E-state index is 9.50. The summed E-state index contributed by atoms with van der Waals surface area (Å²) in [6.45, 7) is 0.117. The zero-order valence-corrected chi connectivity index (χ0v) is 8.21. The zero-order valence-electron chi connectivity index (χ0n) is 7.40. The Morgan fingerprint density at radius 1 is 1.54 bits per heavy atom. The van der Waals surface area contributed by atoms with Crippen LogP contribution in [0.25, 0.3) is 0 Å². The van der Waals surface area contributed by atoms with Gasteiger partial charge < -0.3 is 15.9 Å². The van der Waals surface area contributed by atoms with Gasteiger partial charge in [-0.2, -0.15) is 0 Å². The van der Waals surface area contributed by atoms with E-state index in [-0.39, 0.29) is 12.3 Å². The summed E-state index contributed by atoms with van der Waals surface area (Å²) in [6.07, 6.45) is 1.14. The third kappa shape index (κ3) is 2.37. The fourth-order valence-electron chi connectivity index (χ4n) is 1.06. The van der Waals surface area contributed by atoms with Crippen LogP contribution in [0.3, 0.4) is 0 Å². The number of aliphatic hydroxyl groups excluding tert-OH is 1. The van der Waals surface area contributed by atoms with Crippen LogP contribution in [0.4, 0.5) is 0 Å². The largest absolute Gasteiger partial charge is 0.508 e. The molecule has 0 saturated carbocycles. The number of rotatable bonds is 3. The number of aromatic hydroxyl groups is 1. The van der Waals surface area contributed by atoms with Gasteiger partial charge in [-0.3, -0.25) is 0 Å². The molecule has 0 aliphatic rings. The number of aliphatic hydroxyl groups is 1. The second-order valence-electron chi connectivity index (χ2n) is 2.68. The molecule has 0 aliphatic heterocycles. The van der Waals surface area contributed by atoms with E-state index in [0.717, 1.165) is 4.90 Å². The van der Waals surface area contributed by atoms with Gasteiger partial charge in [0, 0.05) is 17.0 Å². The normalized spacial score (nSPS) is 12.8. The quantitative estimate of drug-likeness (QED) is 0.638. The molecule has 1 aromatic rings. The van der Waals surface area contributed by atoms with Gasteiger partial charge in [0.25, 0.3) is 0 Å². The number of benzene rings is 1. The van der Waals surface area contributed by atoms with E-state index < -0.39 is 6.10 Å². The lowest BCUT2D eigenvalue weighted by Crippen LogP contribution is -2.11. The van der Waals surface area contributed by atoms with Crippen molar-refractivity contribution in [2.75, 3.05) is 12.8 Å². The van der Waals surface area contributed by atoms with Crippen molar-refractivity contribution in [2.45, 2.75) is 11.0 Å². The van der Waals surface area contributed by atoms with E-state index in [1.165, 1.54) is 11.8 Å². The molecule has 1 aromatic carbocycles. The minimum atomic E-state index is -0.782. The van der Waals surface area contributed by atoms with Crippen LogP contribution in [0.1, 0.15) is 11.7 Å². The Morgan fingerprint density at radius 3 is 2.69 bits per heavy atom. The third-order valence-corrected chi connectivity index (χ3v) is 2.55. The molecule has 0 amide bonds. The van der Waals surface area contributed by atoms with Crippen LogP contribution >= 0.6 is 11.8 Å². The molecule has 1 rings (SSSR count). The standard InChI is InChI=1S/C9H13NO2S/c1-13-6-2-3-7(8(11)4-6)9(12)5-10/h2-4,9,11-12H,5,10H2,1H3. The summed E-state index contributed by atoms with van der Waals surface area (Å²) >= 11 is 1.54. The Morgan fingerprint density at radius 2 is 2.23 bits per heavy atom. The van der Waals surface area contributed by atoms with Crippen LogP contribution in [-0.4, -0.2) is 23.0 Å².